The van der Waals surface area contributed by atoms with E-state index in [2.05, 4.69) is 10.6 Å². The van der Waals surface area contributed by atoms with E-state index in [4.69, 9.17) is 18.6 Å². The molecular formula is C30H28N2O7S. The minimum absolute atomic E-state index is 0.103. The van der Waals surface area contributed by atoms with Gasteiger partial charge in [0, 0.05) is 27.6 Å². The molecule has 3 heterocycles. The van der Waals surface area contributed by atoms with Gasteiger partial charge in [0.25, 0.3) is 0 Å². The molecule has 2 aromatic heterocycles. The van der Waals surface area contributed by atoms with Crippen molar-refractivity contribution in [2.24, 2.45) is 0 Å². The van der Waals surface area contributed by atoms with E-state index in [1.54, 1.807) is 51.1 Å². The molecule has 40 heavy (non-hydrogen) atoms. The molecule has 0 fully saturated rings. The lowest BCUT2D eigenvalue weighted by Crippen LogP contribution is -2.47. The molecule has 10 heteroatoms. The summed E-state index contributed by atoms with van der Waals surface area (Å²) in [5, 5.41) is 6.24. The van der Waals surface area contributed by atoms with Gasteiger partial charge in [-0.2, -0.15) is 0 Å². The number of furan rings is 1. The van der Waals surface area contributed by atoms with Crippen LogP contribution in [0.25, 0.3) is 11.1 Å². The van der Waals surface area contributed by atoms with Crippen molar-refractivity contribution < 1.29 is 33.0 Å². The van der Waals surface area contributed by atoms with Gasteiger partial charge >= 0.3 is 11.9 Å². The summed E-state index contributed by atoms with van der Waals surface area (Å²) in [5.41, 5.74) is 2.96. The molecule has 0 bridgehead atoms. The van der Waals surface area contributed by atoms with E-state index >= 15 is 0 Å². The monoisotopic (exact) mass is 560 g/mol. The highest BCUT2D eigenvalue weighted by molar-refractivity contribution is 7.13. The zero-order valence-corrected chi connectivity index (χ0v) is 23.5. The number of methoxy groups -OCH3 is 1. The minimum Gasteiger partial charge on any atom is -0.496 e. The van der Waals surface area contributed by atoms with Crippen LogP contribution in [0.3, 0.4) is 0 Å². The van der Waals surface area contributed by atoms with Crippen molar-refractivity contribution in [1.29, 1.82) is 0 Å². The summed E-state index contributed by atoms with van der Waals surface area (Å²) in [7, 11) is 1.50. The highest BCUT2D eigenvalue weighted by Gasteiger charge is 2.35. The predicted molar refractivity (Wildman–Crippen MR) is 151 cm³/mol. The first kappa shape index (κ1) is 27.0. The summed E-state index contributed by atoms with van der Waals surface area (Å²) in [4.78, 5) is 39.7. The Hall–Kier alpha value is -4.57. The lowest BCUT2D eigenvalue weighted by molar-refractivity contribution is -0.119. The number of aryl methyl sites for hydroxylation is 2. The maximum absolute atomic E-state index is 12.9. The number of hydrogen-bond acceptors (Lipinski definition) is 9. The number of hydrogen-bond donors (Lipinski definition) is 2. The highest BCUT2D eigenvalue weighted by atomic mass is 32.1. The van der Waals surface area contributed by atoms with E-state index in [1.165, 1.54) is 24.7 Å². The fourth-order valence-electron chi connectivity index (χ4n) is 4.41. The van der Waals surface area contributed by atoms with Crippen LogP contribution in [0.1, 0.15) is 50.1 Å². The Balaban J connectivity index is 1.52. The number of amides is 1. The quantitative estimate of drug-likeness (QED) is 0.198. The Bertz CT molecular complexity index is 1630. The number of carbonyl (C=O) groups is 3. The molecule has 0 aliphatic carbocycles. The molecule has 0 spiro atoms. The number of nitrogens with one attached hydrogen (secondary N) is 2. The summed E-state index contributed by atoms with van der Waals surface area (Å²) < 4.78 is 22.1. The Kier molecular flexibility index (Phi) is 7.12. The molecule has 4 aromatic rings. The van der Waals surface area contributed by atoms with Crippen LogP contribution in [-0.2, 0) is 16.1 Å². The second kappa shape index (κ2) is 10.5. The third-order valence-corrected chi connectivity index (χ3v) is 7.56. The third kappa shape index (κ3) is 5.17. The first-order valence-electron chi connectivity index (χ1n) is 12.5. The molecule has 1 amide bonds. The fraction of sp³-hybridized carbons (Fsp3) is 0.233. The lowest BCUT2D eigenvalue weighted by Gasteiger charge is -2.34. The summed E-state index contributed by atoms with van der Waals surface area (Å²) in [6, 6.07) is 14.0. The average molecular weight is 561 g/mol. The maximum atomic E-state index is 12.9. The van der Waals surface area contributed by atoms with Crippen molar-refractivity contribution >= 4 is 40.6 Å². The molecule has 2 aromatic carbocycles. The molecule has 9 nitrogen and oxygen atoms in total. The molecule has 5 rings (SSSR count). The molecule has 0 atom stereocenters. The van der Waals surface area contributed by atoms with Crippen molar-refractivity contribution in [3.63, 3.8) is 0 Å². The zero-order valence-electron chi connectivity index (χ0n) is 22.7. The molecule has 0 unspecified atom stereocenters. The van der Waals surface area contributed by atoms with Gasteiger partial charge in [-0.15, -0.1) is 11.3 Å². The van der Waals surface area contributed by atoms with Gasteiger partial charge in [-0.25, -0.2) is 9.59 Å². The first-order valence-corrected chi connectivity index (χ1v) is 13.3. The number of anilines is 2. The number of ether oxygens (including phenoxy) is 3. The standard InChI is InChI=1S/C30H28N2O7S/c1-16-12-13-37-26(16)28(34)39-18-7-8-20(23(14-18)36-5)19-9-10-22-25(31-29(35)30(3,4)32-22)21(19)15-38-27(33)24-11-6-17(2)40-24/h6-14,32H,15H2,1-5H3,(H,31,35). The summed E-state index contributed by atoms with van der Waals surface area (Å²) in [5.74, 6) is -0.510. The van der Waals surface area contributed by atoms with Gasteiger partial charge in [0.15, 0.2) is 0 Å². The van der Waals surface area contributed by atoms with Gasteiger partial charge in [-0.3, -0.25) is 4.79 Å². The largest absolute Gasteiger partial charge is 0.496 e. The van der Waals surface area contributed by atoms with Crippen LogP contribution in [0.4, 0.5) is 11.4 Å². The van der Waals surface area contributed by atoms with Crippen molar-refractivity contribution in [1.82, 2.24) is 0 Å². The molecule has 0 radical (unpaired) electrons. The van der Waals surface area contributed by atoms with Crippen LogP contribution in [0.2, 0.25) is 0 Å². The number of esters is 2. The van der Waals surface area contributed by atoms with E-state index in [0.29, 0.717) is 44.3 Å². The van der Waals surface area contributed by atoms with Gasteiger partial charge in [-0.05, 0) is 69.7 Å². The topological polar surface area (TPSA) is 116 Å². The van der Waals surface area contributed by atoms with Gasteiger partial charge < -0.3 is 29.3 Å². The van der Waals surface area contributed by atoms with Crippen molar-refractivity contribution in [2.45, 2.75) is 39.8 Å². The van der Waals surface area contributed by atoms with E-state index in [-0.39, 0.29) is 24.0 Å². The van der Waals surface area contributed by atoms with Crippen LogP contribution in [-0.4, -0.2) is 30.5 Å². The summed E-state index contributed by atoms with van der Waals surface area (Å²) >= 11 is 1.35. The molecule has 2 N–H and O–H groups in total. The second-order valence-electron chi connectivity index (χ2n) is 9.89. The molecule has 1 aliphatic rings. The number of fused-ring (bicyclic) bond motifs is 1. The normalized spacial score (nSPS) is 13.6. The maximum Gasteiger partial charge on any atom is 0.379 e. The van der Waals surface area contributed by atoms with Crippen molar-refractivity contribution in [3.05, 3.63) is 81.4 Å². The highest BCUT2D eigenvalue weighted by Crippen LogP contribution is 2.43. The Labute approximate surface area is 235 Å². The van der Waals surface area contributed by atoms with E-state index in [9.17, 15) is 14.4 Å². The van der Waals surface area contributed by atoms with E-state index < -0.39 is 17.5 Å². The average Bonchev–Trinajstić information content (AvgIpc) is 3.55. The van der Waals surface area contributed by atoms with Gasteiger partial charge in [0.05, 0.1) is 24.7 Å². The fourth-order valence-corrected chi connectivity index (χ4v) is 5.17. The number of rotatable bonds is 7. The van der Waals surface area contributed by atoms with E-state index in [1.807, 2.05) is 25.1 Å². The second-order valence-corrected chi connectivity index (χ2v) is 11.2. The Morgan fingerprint density at radius 3 is 2.45 bits per heavy atom. The molecule has 0 saturated carbocycles. The van der Waals surface area contributed by atoms with Gasteiger partial charge in [0.1, 0.15) is 28.5 Å². The van der Waals surface area contributed by atoms with E-state index in [0.717, 1.165) is 4.88 Å². The molecule has 206 valence electrons. The summed E-state index contributed by atoms with van der Waals surface area (Å²) in [6.45, 7) is 7.13. The molecule has 0 saturated heterocycles. The summed E-state index contributed by atoms with van der Waals surface area (Å²) in [6.07, 6.45) is 1.43. The minimum atomic E-state index is -0.827. The smallest absolute Gasteiger partial charge is 0.379 e. The number of benzene rings is 2. The van der Waals surface area contributed by atoms with Crippen molar-refractivity contribution in [2.75, 3.05) is 17.7 Å². The number of carbonyl (C=O) groups excluding carboxylic acids is 3. The van der Waals surface area contributed by atoms with Crippen LogP contribution < -0.4 is 20.1 Å². The van der Waals surface area contributed by atoms with Gasteiger partial charge in [-0.1, -0.05) is 6.07 Å². The van der Waals surface area contributed by atoms with Crippen LogP contribution in [0.5, 0.6) is 11.5 Å². The lowest BCUT2D eigenvalue weighted by atomic mass is 9.92. The third-order valence-electron chi connectivity index (χ3n) is 6.58. The van der Waals surface area contributed by atoms with Crippen LogP contribution >= 0.6 is 11.3 Å². The Morgan fingerprint density at radius 2 is 1.77 bits per heavy atom. The van der Waals surface area contributed by atoms with Crippen LogP contribution in [0.15, 0.2) is 59.2 Å². The Morgan fingerprint density at radius 1 is 1.00 bits per heavy atom. The van der Waals surface area contributed by atoms with Gasteiger partial charge in [0.2, 0.25) is 11.7 Å². The molecule has 1 aliphatic heterocycles. The van der Waals surface area contributed by atoms with Crippen LogP contribution in [0, 0.1) is 13.8 Å². The SMILES string of the molecule is COc1cc(OC(=O)c2occc2C)ccc1-c1ccc2c(c1COC(=O)c1ccc(C)s1)NC(=O)C(C)(C)N2. The van der Waals surface area contributed by atoms with Crippen molar-refractivity contribution in [3.8, 4) is 22.6 Å². The number of thiophene rings is 1. The predicted octanol–water partition coefficient (Wildman–Crippen LogP) is 6.35. The zero-order chi connectivity index (χ0) is 28.6. The first-order chi connectivity index (χ1) is 19.1. The molecular weight excluding hydrogens is 532 g/mol.